The van der Waals surface area contributed by atoms with Gasteiger partial charge in [0.1, 0.15) is 5.82 Å². The Morgan fingerprint density at radius 2 is 1.92 bits per heavy atom. The molecule has 1 amide bonds. The van der Waals surface area contributed by atoms with Crippen LogP contribution < -0.4 is 24.6 Å². The van der Waals surface area contributed by atoms with E-state index in [2.05, 4.69) is 15.2 Å². The molecule has 1 aliphatic heterocycles. The standard InChI is InChI=1S/C19H24N4O3/c1-25-16-7-6-15(13-17(16)26-2)21-19(24)14-22-9-11-23(12-10-22)18-5-3-4-8-20-18/h3-8,13H,9-12,14H2,1-2H3,(H,21,24)/p+1. The van der Waals surface area contributed by atoms with E-state index in [9.17, 15) is 4.79 Å². The summed E-state index contributed by atoms with van der Waals surface area (Å²) in [5.41, 5.74) is 0.708. The van der Waals surface area contributed by atoms with Crippen molar-refractivity contribution in [2.75, 3.05) is 57.2 Å². The number of carbonyl (C=O) groups is 1. The molecule has 0 radical (unpaired) electrons. The summed E-state index contributed by atoms with van der Waals surface area (Å²) in [5, 5.41) is 2.94. The number of carbonyl (C=O) groups excluding carboxylic acids is 1. The number of hydrogen-bond donors (Lipinski definition) is 2. The fourth-order valence-electron chi connectivity index (χ4n) is 3.12. The molecule has 7 nitrogen and oxygen atoms in total. The molecule has 1 aliphatic rings. The summed E-state index contributed by atoms with van der Waals surface area (Å²) in [7, 11) is 3.17. The van der Waals surface area contributed by atoms with Gasteiger partial charge in [0.15, 0.2) is 18.0 Å². The number of nitrogens with one attached hydrogen (secondary N) is 2. The van der Waals surface area contributed by atoms with Gasteiger partial charge in [0.25, 0.3) is 5.91 Å². The Bertz CT molecular complexity index is 731. The van der Waals surface area contributed by atoms with Gasteiger partial charge >= 0.3 is 0 Å². The summed E-state index contributed by atoms with van der Waals surface area (Å²) < 4.78 is 10.5. The molecule has 26 heavy (non-hydrogen) atoms. The number of anilines is 2. The molecule has 0 bridgehead atoms. The van der Waals surface area contributed by atoms with E-state index in [1.54, 1.807) is 26.4 Å². The lowest BCUT2D eigenvalue weighted by atomic mass is 10.2. The summed E-state index contributed by atoms with van der Waals surface area (Å²) in [5.74, 6) is 2.24. The molecule has 3 rings (SSSR count). The number of rotatable bonds is 6. The third-order valence-corrected chi connectivity index (χ3v) is 4.52. The zero-order chi connectivity index (χ0) is 18.4. The van der Waals surface area contributed by atoms with Crippen molar-refractivity contribution >= 4 is 17.4 Å². The molecular formula is C19H25N4O3+. The van der Waals surface area contributed by atoms with Crippen molar-refractivity contribution in [1.82, 2.24) is 4.98 Å². The molecule has 1 aromatic carbocycles. The van der Waals surface area contributed by atoms with E-state index < -0.39 is 0 Å². The maximum Gasteiger partial charge on any atom is 0.279 e. The van der Waals surface area contributed by atoms with E-state index in [1.165, 1.54) is 4.90 Å². The van der Waals surface area contributed by atoms with Gasteiger partial charge in [-0.1, -0.05) is 6.07 Å². The van der Waals surface area contributed by atoms with E-state index in [-0.39, 0.29) is 5.91 Å². The van der Waals surface area contributed by atoms with Gasteiger partial charge in [-0.05, 0) is 24.3 Å². The Balaban J connectivity index is 1.50. The average Bonchev–Trinajstić information content (AvgIpc) is 2.69. The van der Waals surface area contributed by atoms with E-state index in [4.69, 9.17) is 9.47 Å². The molecule has 7 heteroatoms. The monoisotopic (exact) mass is 357 g/mol. The van der Waals surface area contributed by atoms with Crippen LogP contribution in [0.1, 0.15) is 0 Å². The Kier molecular flexibility index (Phi) is 5.91. The van der Waals surface area contributed by atoms with Crippen LogP contribution in [-0.4, -0.2) is 57.8 Å². The van der Waals surface area contributed by atoms with E-state index in [0.29, 0.717) is 23.7 Å². The highest BCUT2D eigenvalue weighted by Crippen LogP contribution is 2.29. The molecule has 2 aromatic rings. The summed E-state index contributed by atoms with van der Waals surface area (Å²) in [6.07, 6.45) is 1.81. The highest BCUT2D eigenvalue weighted by atomic mass is 16.5. The van der Waals surface area contributed by atoms with Crippen LogP contribution in [0, 0.1) is 0 Å². The second-order valence-corrected chi connectivity index (χ2v) is 6.22. The Morgan fingerprint density at radius 1 is 1.15 bits per heavy atom. The van der Waals surface area contributed by atoms with Crippen LogP contribution in [-0.2, 0) is 4.79 Å². The van der Waals surface area contributed by atoms with E-state index >= 15 is 0 Å². The van der Waals surface area contributed by atoms with E-state index in [1.807, 2.05) is 30.5 Å². The smallest absolute Gasteiger partial charge is 0.279 e. The van der Waals surface area contributed by atoms with Gasteiger partial charge in [0.2, 0.25) is 0 Å². The minimum Gasteiger partial charge on any atom is -0.493 e. The number of hydrogen-bond acceptors (Lipinski definition) is 5. The molecule has 1 saturated heterocycles. The summed E-state index contributed by atoms with van der Waals surface area (Å²) in [6, 6.07) is 11.3. The van der Waals surface area contributed by atoms with Crippen molar-refractivity contribution in [2.45, 2.75) is 0 Å². The lowest BCUT2D eigenvalue weighted by Gasteiger charge is -2.32. The number of amides is 1. The predicted molar refractivity (Wildman–Crippen MR) is 100 cm³/mol. The van der Waals surface area contributed by atoms with Crippen LogP contribution in [0.3, 0.4) is 0 Å². The fraction of sp³-hybridized carbons (Fsp3) is 0.368. The lowest BCUT2D eigenvalue weighted by molar-refractivity contribution is -0.892. The Hall–Kier alpha value is -2.80. The topological polar surface area (TPSA) is 68.1 Å². The molecule has 1 aromatic heterocycles. The molecule has 2 N–H and O–H groups in total. The van der Waals surface area contributed by atoms with Gasteiger partial charge in [-0.2, -0.15) is 0 Å². The number of methoxy groups -OCH3 is 2. The minimum absolute atomic E-state index is 0.00138. The van der Waals surface area contributed by atoms with Crippen molar-refractivity contribution in [3.05, 3.63) is 42.6 Å². The SMILES string of the molecule is COc1ccc(NC(=O)C[NH+]2CCN(c3ccccn3)CC2)cc1OC. The van der Waals surface area contributed by atoms with Crippen molar-refractivity contribution < 1.29 is 19.2 Å². The molecular weight excluding hydrogens is 332 g/mol. The van der Waals surface area contributed by atoms with Crippen molar-refractivity contribution in [2.24, 2.45) is 0 Å². The summed E-state index contributed by atoms with van der Waals surface area (Å²) in [6.45, 7) is 4.07. The van der Waals surface area contributed by atoms with Gasteiger partial charge in [-0.15, -0.1) is 0 Å². The number of ether oxygens (including phenoxy) is 2. The summed E-state index contributed by atoms with van der Waals surface area (Å²) >= 11 is 0. The molecule has 2 heterocycles. The lowest BCUT2D eigenvalue weighted by Crippen LogP contribution is -3.15. The first kappa shape index (κ1) is 18.0. The van der Waals surface area contributed by atoms with Gasteiger partial charge in [-0.3, -0.25) is 4.79 Å². The number of pyridine rings is 1. The number of aromatic nitrogens is 1. The van der Waals surface area contributed by atoms with E-state index in [0.717, 1.165) is 32.0 Å². The zero-order valence-corrected chi connectivity index (χ0v) is 15.2. The predicted octanol–water partition coefficient (Wildman–Crippen LogP) is 0.442. The summed E-state index contributed by atoms with van der Waals surface area (Å²) in [4.78, 5) is 20.3. The Labute approximate surface area is 153 Å². The molecule has 0 atom stereocenters. The van der Waals surface area contributed by atoms with Gasteiger partial charge in [0.05, 0.1) is 40.4 Å². The number of quaternary nitrogens is 1. The first-order valence-corrected chi connectivity index (χ1v) is 8.71. The number of benzene rings is 1. The van der Waals surface area contributed by atoms with Crippen molar-refractivity contribution in [3.8, 4) is 11.5 Å². The maximum atomic E-state index is 12.4. The average molecular weight is 357 g/mol. The number of piperazine rings is 1. The second-order valence-electron chi connectivity index (χ2n) is 6.22. The van der Waals surface area contributed by atoms with Crippen LogP contribution in [0.15, 0.2) is 42.6 Å². The number of nitrogens with zero attached hydrogens (tertiary/aromatic N) is 2. The third kappa shape index (κ3) is 4.43. The quantitative estimate of drug-likeness (QED) is 0.785. The first-order valence-electron chi connectivity index (χ1n) is 8.71. The highest BCUT2D eigenvalue weighted by molar-refractivity contribution is 5.91. The van der Waals surface area contributed by atoms with Crippen LogP contribution in [0.5, 0.6) is 11.5 Å². The van der Waals surface area contributed by atoms with Gasteiger partial charge in [0, 0.05) is 18.0 Å². The normalized spacial score (nSPS) is 14.8. The highest BCUT2D eigenvalue weighted by Gasteiger charge is 2.23. The molecule has 138 valence electrons. The van der Waals surface area contributed by atoms with Crippen LogP contribution >= 0.6 is 0 Å². The second kappa shape index (κ2) is 8.53. The third-order valence-electron chi connectivity index (χ3n) is 4.52. The first-order chi connectivity index (χ1) is 12.7. The van der Waals surface area contributed by atoms with Crippen LogP contribution in [0.2, 0.25) is 0 Å². The molecule has 0 unspecified atom stereocenters. The van der Waals surface area contributed by atoms with Crippen molar-refractivity contribution in [1.29, 1.82) is 0 Å². The van der Waals surface area contributed by atoms with Gasteiger partial charge < -0.3 is 24.6 Å². The van der Waals surface area contributed by atoms with Crippen molar-refractivity contribution in [3.63, 3.8) is 0 Å². The molecule has 1 fully saturated rings. The zero-order valence-electron chi connectivity index (χ0n) is 15.2. The van der Waals surface area contributed by atoms with Crippen LogP contribution in [0.4, 0.5) is 11.5 Å². The minimum atomic E-state index is -0.00138. The molecule has 0 saturated carbocycles. The van der Waals surface area contributed by atoms with Gasteiger partial charge in [-0.25, -0.2) is 4.98 Å². The fourth-order valence-corrected chi connectivity index (χ4v) is 3.12. The largest absolute Gasteiger partial charge is 0.493 e. The Morgan fingerprint density at radius 3 is 2.58 bits per heavy atom. The maximum absolute atomic E-state index is 12.4. The molecule has 0 spiro atoms. The molecule has 0 aliphatic carbocycles. The van der Waals surface area contributed by atoms with Crippen LogP contribution in [0.25, 0.3) is 0 Å².